The highest BCUT2D eigenvalue weighted by Gasteiger charge is 2.07. The van der Waals surface area contributed by atoms with Crippen LogP contribution in [0.25, 0.3) is 0 Å². The van der Waals surface area contributed by atoms with Crippen LogP contribution in [0.2, 0.25) is 0 Å². The number of nitrogens with zero attached hydrogens (tertiary/aromatic N) is 1. The fraction of sp³-hybridized carbons (Fsp3) is 0.222. The summed E-state index contributed by atoms with van der Waals surface area (Å²) in [6.45, 7) is -0.245. The van der Waals surface area contributed by atoms with Crippen molar-refractivity contribution in [2.24, 2.45) is 5.73 Å². The maximum Gasteiger partial charge on any atom is 0.141 e. The summed E-state index contributed by atoms with van der Waals surface area (Å²) in [5, 5.41) is 17.1. The Morgan fingerprint density at radius 1 is 1.62 bits per heavy atom. The minimum Gasteiger partial charge on any atom is -0.394 e. The maximum atomic E-state index is 13.0. The van der Waals surface area contributed by atoms with Crippen molar-refractivity contribution in [2.75, 3.05) is 6.61 Å². The Morgan fingerprint density at radius 2 is 2.31 bits per heavy atom. The number of benzene rings is 1. The van der Waals surface area contributed by atoms with E-state index in [1.807, 2.05) is 0 Å². The van der Waals surface area contributed by atoms with Gasteiger partial charge in [0.05, 0.1) is 18.2 Å². The topological polar surface area (TPSA) is 70.0 Å². The first-order chi connectivity index (χ1) is 6.19. The normalized spacial score (nSPS) is 12.2. The molecule has 0 spiro atoms. The van der Waals surface area contributed by atoms with E-state index in [2.05, 4.69) is 0 Å². The zero-order valence-corrected chi connectivity index (χ0v) is 6.87. The first kappa shape index (κ1) is 9.65. The van der Waals surface area contributed by atoms with Crippen LogP contribution in [0, 0.1) is 17.1 Å². The van der Waals surface area contributed by atoms with Crippen molar-refractivity contribution < 1.29 is 9.50 Å². The predicted molar refractivity (Wildman–Crippen MR) is 45.1 cm³/mol. The van der Waals surface area contributed by atoms with Crippen molar-refractivity contribution in [1.82, 2.24) is 0 Å². The Labute approximate surface area is 75.2 Å². The van der Waals surface area contributed by atoms with E-state index in [4.69, 9.17) is 16.1 Å². The van der Waals surface area contributed by atoms with Gasteiger partial charge in [0.1, 0.15) is 11.9 Å². The molecule has 0 saturated carbocycles. The van der Waals surface area contributed by atoms with E-state index in [0.717, 1.165) is 0 Å². The highest BCUT2D eigenvalue weighted by Crippen LogP contribution is 2.14. The second-order valence-corrected chi connectivity index (χ2v) is 2.64. The highest BCUT2D eigenvalue weighted by molar-refractivity contribution is 5.34. The smallest absolute Gasteiger partial charge is 0.141 e. The van der Waals surface area contributed by atoms with Crippen LogP contribution in [-0.2, 0) is 0 Å². The molecule has 1 aromatic rings. The molecule has 0 bridgehead atoms. The summed E-state index contributed by atoms with van der Waals surface area (Å²) < 4.78 is 13.0. The Balaban J connectivity index is 3.04. The Hall–Kier alpha value is -1.44. The lowest BCUT2D eigenvalue weighted by Gasteiger charge is -2.08. The van der Waals surface area contributed by atoms with E-state index in [1.54, 1.807) is 6.07 Å². The van der Waals surface area contributed by atoms with Crippen LogP contribution in [0.15, 0.2) is 18.2 Å². The number of aliphatic hydroxyl groups is 1. The summed E-state index contributed by atoms with van der Waals surface area (Å²) in [5.41, 5.74) is 5.92. The van der Waals surface area contributed by atoms with Crippen molar-refractivity contribution >= 4 is 0 Å². The molecule has 1 aromatic carbocycles. The molecule has 0 saturated heterocycles. The standard InChI is InChI=1S/C9H9FN2O/c10-8-3-6(9(12)5-13)1-2-7(8)4-11/h1-3,9,13H,5,12H2/t9-/m1/s1. The second-order valence-electron chi connectivity index (χ2n) is 2.64. The quantitative estimate of drug-likeness (QED) is 0.703. The largest absolute Gasteiger partial charge is 0.394 e. The molecule has 1 rings (SSSR count). The molecule has 0 fully saturated rings. The molecule has 0 aliphatic rings. The van der Waals surface area contributed by atoms with E-state index in [0.29, 0.717) is 5.56 Å². The fourth-order valence-electron chi connectivity index (χ4n) is 0.958. The maximum absolute atomic E-state index is 13.0. The van der Waals surface area contributed by atoms with Gasteiger partial charge in [-0.1, -0.05) is 6.07 Å². The molecule has 4 heteroatoms. The fourth-order valence-corrected chi connectivity index (χ4v) is 0.958. The van der Waals surface area contributed by atoms with E-state index < -0.39 is 11.9 Å². The monoisotopic (exact) mass is 180 g/mol. The van der Waals surface area contributed by atoms with Gasteiger partial charge in [0.25, 0.3) is 0 Å². The van der Waals surface area contributed by atoms with Crippen LogP contribution in [0.5, 0.6) is 0 Å². The molecule has 0 amide bonds. The molecular formula is C9H9FN2O. The molecular weight excluding hydrogens is 171 g/mol. The molecule has 1 atom stereocenters. The van der Waals surface area contributed by atoms with E-state index in [1.165, 1.54) is 18.2 Å². The van der Waals surface area contributed by atoms with Crippen LogP contribution in [0.1, 0.15) is 17.2 Å². The lowest BCUT2D eigenvalue weighted by atomic mass is 10.1. The minimum absolute atomic E-state index is 0.0195. The van der Waals surface area contributed by atoms with Gasteiger partial charge in [-0.25, -0.2) is 4.39 Å². The number of hydrogen-bond donors (Lipinski definition) is 2. The third-order valence-electron chi connectivity index (χ3n) is 1.74. The second kappa shape index (κ2) is 3.99. The molecule has 0 aromatic heterocycles. The number of rotatable bonds is 2. The van der Waals surface area contributed by atoms with Gasteiger partial charge in [-0.15, -0.1) is 0 Å². The van der Waals surface area contributed by atoms with E-state index >= 15 is 0 Å². The van der Waals surface area contributed by atoms with Gasteiger partial charge in [-0.05, 0) is 17.7 Å². The van der Waals surface area contributed by atoms with Crippen molar-refractivity contribution in [3.8, 4) is 6.07 Å². The van der Waals surface area contributed by atoms with Gasteiger partial charge in [-0.2, -0.15) is 5.26 Å². The van der Waals surface area contributed by atoms with Gasteiger partial charge in [-0.3, -0.25) is 0 Å². The van der Waals surface area contributed by atoms with Crippen molar-refractivity contribution in [3.63, 3.8) is 0 Å². The van der Waals surface area contributed by atoms with Crippen LogP contribution in [0.3, 0.4) is 0 Å². The Bertz CT molecular complexity index is 346. The summed E-state index contributed by atoms with van der Waals surface area (Å²) in [7, 11) is 0. The average molecular weight is 180 g/mol. The molecule has 3 N–H and O–H groups in total. The van der Waals surface area contributed by atoms with Crippen LogP contribution >= 0.6 is 0 Å². The predicted octanol–water partition coefficient (Wildman–Crippen LogP) is 0.689. The van der Waals surface area contributed by atoms with Crippen molar-refractivity contribution in [3.05, 3.63) is 35.1 Å². The number of hydrogen-bond acceptors (Lipinski definition) is 3. The first-order valence-electron chi connectivity index (χ1n) is 3.75. The zero-order chi connectivity index (χ0) is 9.84. The van der Waals surface area contributed by atoms with Gasteiger partial charge in [0, 0.05) is 0 Å². The Morgan fingerprint density at radius 3 is 2.77 bits per heavy atom. The molecule has 0 unspecified atom stereocenters. The molecule has 0 radical (unpaired) electrons. The number of aliphatic hydroxyl groups excluding tert-OH is 1. The summed E-state index contributed by atoms with van der Waals surface area (Å²) in [5.74, 6) is -0.607. The number of nitrogens with two attached hydrogens (primary N) is 1. The molecule has 0 aliphatic carbocycles. The van der Waals surface area contributed by atoms with Gasteiger partial charge >= 0.3 is 0 Å². The summed E-state index contributed by atoms with van der Waals surface area (Å²) >= 11 is 0. The molecule has 13 heavy (non-hydrogen) atoms. The SMILES string of the molecule is N#Cc1ccc([C@H](N)CO)cc1F. The lowest BCUT2D eigenvalue weighted by Crippen LogP contribution is -2.14. The third-order valence-corrected chi connectivity index (χ3v) is 1.74. The highest BCUT2D eigenvalue weighted by atomic mass is 19.1. The lowest BCUT2D eigenvalue weighted by molar-refractivity contribution is 0.268. The van der Waals surface area contributed by atoms with E-state index in [-0.39, 0.29) is 12.2 Å². The average Bonchev–Trinajstić information content (AvgIpc) is 2.16. The molecule has 68 valence electrons. The molecule has 3 nitrogen and oxygen atoms in total. The van der Waals surface area contributed by atoms with Crippen LogP contribution in [-0.4, -0.2) is 11.7 Å². The van der Waals surface area contributed by atoms with E-state index in [9.17, 15) is 4.39 Å². The molecule has 0 heterocycles. The van der Waals surface area contributed by atoms with Crippen LogP contribution < -0.4 is 5.73 Å². The van der Waals surface area contributed by atoms with Gasteiger partial charge in [0.2, 0.25) is 0 Å². The first-order valence-corrected chi connectivity index (χ1v) is 3.75. The minimum atomic E-state index is -0.607. The van der Waals surface area contributed by atoms with Crippen LogP contribution in [0.4, 0.5) is 4.39 Å². The van der Waals surface area contributed by atoms with Crippen molar-refractivity contribution in [2.45, 2.75) is 6.04 Å². The summed E-state index contributed by atoms with van der Waals surface area (Å²) in [4.78, 5) is 0. The van der Waals surface area contributed by atoms with Gasteiger partial charge in [0.15, 0.2) is 0 Å². The summed E-state index contributed by atoms with van der Waals surface area (Å²) in [6, 6.07) is 5.15. The Kier molecular flexibility index (Phi) is 2.96. The number of halogens is 1. The van der Waals surface area contributed by atoms with Crippen molar-refractivity contribution in [1.29, 1.82) is 5.26 Å². The zero-order valence-electron chi connectivity index (χ0n) is 6.87. The summed E-state index contributed by atoms with van der Waals surface area (Å²) in [6.07, 6.45) is 0. The third kappa shape index (κ3) is 2.02. The molecule has 0 aliphatic heterocycles. The number of nitriles is 1. The van der Waals surface area contributed by atoms with Gasteiger partial charge < -0.3 is 10.8 Å².